The average Bonchev–Trinajstić information content (AvgIpc) is 3.05. The third kappa shape index (κ3) is 3.17. The maximum absolute atomic E-state index is 14.3. The molecule has 0 radical (unpaired) electrons. The van der Waals surface area contributed by atoms with Crippen LogP contribution in [0, 0.1) is 5.82 Å². The Morgan fingerprint density at radius 1 is 1.25 bits per heavy atom. The van der Waals surface area contributed by atoms with Crippen LogP contribution in [-0.2, 0) is 11.3 Å². The van der Waals surface area contributed by atoms with Crippen LogP contribution in [0.25, 0.3) is 21.2 Å². The van der Waals surface area contributed by atoms with E-state index in [1.807, 2.05) is 0 Å². The molecule has 8 heteroatoms. The second-order valence-electron chi connectivity index (χ2n) is 6.01. The van der Waals surface area contributed by atoms with E-state index in [0.29, 0.717) is 34.3 Å². The molecule has 0 N–H and O–H groups in total. The number of ether oxygens (including phenoxy) is 1. The number of amides is 1. The Bertz CT molecular complexity index is 1320. The molecule has 6 nitrogen and oxygen atoms in total. The van der Waals surface area contributed by atoms with Crippen molar-refractivity contribution in [2.75, 3.05) is 13.7 Å². The largest absolute Gasteiger partial charge is 0.463 e. The summed E-state index contributed by atoms with van der Waals surface area (Å²) < 4.78 is 27.0. The highest BCUT2D eigenvalue weighted by atomic mass is 32.1. The molecule has 0 saturated carbocycles. The lowest BCUT2D eigenvalue weighted by molar-refractivity contribution is 0.0994. The summed E-state index contributed by atoms with van der Waals surface area (Å²) in [6.07, 6.45) is 1.11. The van der Waals surface area contributed by atoms with Gasteiger partial charge in [0.1, 0.15) is 23.2 Å². The molecule has 2 aromatic carbocycles. The molecule has 0 bridgehead atoms. The average molecular weight is 398 g/mol. The van der Waals surface area contributed by atoms with Crippen molar-refractivity contribution in [2.45, 2.75) is 6.54 Å². The fourth-order valence-corrected chi connectivity index (χ4v) is 4.00. The number of carbonyl (C=O) groups is 1. The number of carbonyl (C=O) groups excluding carboxylic acids is 1. The highest BCUT2D eigenvalue weighted by Gasteiger charge is 2.16. The van der Waals surface area contributed by atoms with Gasteiger partial charge >= 0.3 is 0 Å². The van der Waals surface area contributed by atoms with E-state index >= 15 is 0 Å². The predicted molar refractivity (Wildman–Crippen MR) is 104 cm³/mol. The van der Waals surface area contributed by atoms with Crippen LogP contribution in [0.1, 0.15) is 10.4 Å². The van der Waals surface area contributed by atoms with Crippen molar-refractivity contribution >= 4 is 38.4 Å². The van der Waals surface area contributed by atoms with Gasteiger partial charge in [0, 0.05) is 13.7 Å². The number of hydrogen-bond acceptors (Lipinski definition) is 5. The van der Waals surface area contributed by atoms with Crippen molar-refractivity contribution in [1.29, 1.82) is 0 Å². The zero-order chi connectivity index (χ0) is 19.7. The molecule has 0 spiro atoms. The van der Waals surface area contributed by atoms with Gasteiger partial charge in [0.2, 0.25) is 5.43 Å². The summed E-state index contributed by atoms with van der Waals surface area (Å²) in [6.45, 7) is 0.634. The van der Waals surface area contributed by atoms with Crippen molar-refractivity contribution in [2.24, 2.45) is 4.99 Å². The number of nitrogens with zero attached hydrogens (tertiary/aromatic N) is 2. The Labute approximate surface area is 162 Å². The third-order valence-electron chi connectivity index (χ3n) is 4.28. The number of aromatic nitrogens is 1. The van der Waals surface area contributed by atoms with Crippen LogP contribution >= 0.6 is 11.3 Å². The van der Waals surface area contributed by atoms with Crippen LogP contribution in [0.4, 0.5) is 4.39 Å². The number of halogens is 1. The second-order valence-corrected chi connectivity index (χ2v) is 7.02. The van der Waals surface area contributed by atoms with Crippen LogP contribution in [0.15, 0.2) is 62.9 Å². The molecule has 0 unspecified atom stereocenters. The molecule has 0 atom stereocenters. The Morgan fingerprint density at radius 2 is 2.07 bits per heavy atom. The highest BCUT2D eigenvalue weighted by molar-refractivity contribution is 7.16. The van der Waals surface area contributed by atoms with Gasteiger partial charge in [0.15, 0.2) is 4.80 Å². The zero-order valence-corrected chi connectivity index (χ0v) is 15.7. The van der Waals surface area contributed by atoms with Crippen molar-refractivity contribution < 1.29 is 18.3 Å². The lowest BCUT2D eigenvalue weighted by atomic mass is 10.2. The molecular formula is C20H15FN2O4S. The molecule has 2 aromatic heterocycles. The molecule has 0 aliphatic carbocycles. The number of thiazole rings is 1. The van der Waals surface area contributed by atoms with Crippen LogP contribution in [0.3, 0.4) is 0 Å². The monoisotopic (exact) mass is 398 g/mol. The summed E-state index contributed by atoms with van der Waals surface area (Å²) in [4.78, 5) is 29.7. The van der Waals surface area contributed by atoms with Gasteiger partial charge in [0.25, 0.3) is 5.91 Å². The Kier molecular flexibility index (Phi) is 4.89. The molecule has 28 heavy (non-hydrogen) atoms. The number of para-hydroxylation sites is 2. The number of fused-ring (bicyclic) bond motifs is 2. The van der Waals surface area contributed by atoms with Crippen molar-refractivity contribution in [3.8, 4) is 0 Å². The first kappa shape index (κ1) is 18.3. The van der Waals surface area contributed by atoms with E-state index < -0.39 is 17.2 Å². The van der Waals surface area contributed by atoms with E-state index in [-0.39, 0.29) is 10.4 Å². The van der Waals surface area contributed by atoms with Gasteiger partial charge in [-0.25, -0.2) is 4.39 Å². The van der Waals surface area contributed by atoms with Gasteiger partial charge < -0.3 is 13.7 Å². The smallest absolute Gasteiger partial charge is 0.286 e. The fourth-order valence-electron chi connectivity index (χ4n) is 2.93. The molecule has 2 heterocycles. The number of benzene rings is 2. The Morgan fingerprint density at radius 3 is 2.89 bits per heavy atom. The summed E-state index contributed by atoms with van der Waals surface area (Å²) in [5.74, 6) is -1.15. The summed E-state index contributed by atoms with van der Waals surface area (Å²) >= 11 is 1.17. The minimum Gasteiger partial charge on any atom is -0.463 e. The Hall–Kier alpha value is -3.10. The van der Waals surface area contributed by atoms with E-state index in [4.69, 9.17) is 9.15 Å². The summed E-state index contributed by atoms with van der Waals surface area (Å²) in [5.41, 5.74) is 0.117. The SMILES string of the molecule is COCCn1c(=NC(=O)c2coc3ccccc3c2=O)sc2cccc(F)c21. The minimum absolute atomic E-state index is 0.171. The van der Waals surface area contributed by atoms with Crippen LogP contribution in [0.5, 0.6) is 0 Å². The maximum atomic E-state index is 14.3. The van der Waals surface area contributed by atoms with Crippen molar-refractivity contribution in [3.63, 3.8) is 0 Å². The van der Waals surface area contributed by atoms with Gasteiger partial charge in [0.05, 0.1) is 22.2 Å². The molecule has 142 valence electrons. The Balaban J connectivity index is 1.88. The van der Waals surface area contributed by atoms with Crippen LogP contribution < -0.4 is 10.2 Å². The fraction of sp³-hybridized carbons (Fsp3) is 0.150. The predicted octanol–water partition coefficient (Wildman–Crippen LogP) is 3.34. The second kappa shape index (κ2) is 7.49. The standard InChI is InChI=1S/C20H15FN2O4S/c1-26-10-9-23-17-14(21)6-4-8-16(17)28-20(23)22-19(25)13-11-27-15-7-3-2-5-12(15)18(13)24/h2-8,11H,9-10H2,1H3. The third-order valence-corrected chi connectivity index (χ3v) is 5.32. The normalized spacial score (nSPS) is 12.1. The number of hydrogen-bond donors (Lipinski definition) is 0. The molecule has 1 amide bonds. The summed E-state index contributed by atoms with van der Waals surface area (Å²) in [6, 6.07) is 11.4. The number of methoxy groups -OCH3 is 1. The van der Waals surface area contributed by atoms with Crippen molar-refractivity contribution in [1.82, 2.24) is 4.57 Å². The van der Waals surface area contributed by atoms with E-state index in [0.717, 1.165) is 6.26 Å². The van der Waals surface area contributed by atoms with Gasteiger partial charge in [-0.3, -0.25) is 9.59 Å². The van der Waals surface area contributed by atoms with E-state index in [1.54, 1.807) is 41.0 Å². The molecular weight excluding hydrogens is 383 g/mol. The summed E-state index contributed by atoms with van der Waals surface area (Å²) in [5, 5.41) is 0.304. The molecule has 0 aliphatic heterocycles. The van der Waals surface area contributed by atoms with Crippen LogP contribution in [-0.4, -0.2) is 24.2 Å². The lowest BCUT2D eigenvalue weighted by Gasteiger charge is -2.04. The van der Waals surface area contributed by atoms with E-state index in [2.05, 4.69) is 4.99 Å². The molecule has 0 aliphatic rings. The molecule has 4 aromatic rings. The lowest BCUT2D eigenvalue weighted by Crippen LogP contribution is -2.21. The first-order valence-corrected chi connectivity index (χ1v) is 9.28. The van der Waals surface area contributed by atoms with Gasteiger partial charge in [-0.2, -0.15) is 4.99 Å². The first-order valence-electron chi connectivity index (χ1n) is 8.46. The minimum atomic E-state index is -0.738. The van der Waals surface area contributed by atoms with Crippen LogP contribution in [0.2, 0.25) is 0 Å². The topological polar surface area (TPSA) is 73.8 Å². The first-order chi connectivity index (χ1) is 13.6. The quantitative estimate of drug-likeness (QED) is 0.529. The molecule has 4 rings (SSSR count). The molecule has 0 saturated heterocycles. The zero-order valence-electron chi connectivity index (χ0n) is 14.8. The van der Waals surface area contributed by atoms with E-state index in [9.17, 15) is 14.0 Å². The van der Waals surface area contributed by atoms with Gasteiger partial charge in [-0.15, -0.1) is 0 Å². The number of rotatable bonds is 4. The molecule has 0 fully saturated rings. The van der Waals surface area contributed by atoms with Gasteiger partial charge in [-0.05, 0) is 24.3 Å². The van der Waals surface area contributed by atoms with E-state index in [1.165, 1.54) is 24.5 Å². The summed E-state index contributed by atoms with van der Waals surface area (Å²) in [7, 11) is 1.54. The van der Waals surface area contributed by atoms with Crippen molar-refractivity contribution in [3.05, 3.63) is 75.1 Å². The van der Waals surface area contributed by atoms with Gasteiger partial charge in [-0.1, -0.05) is 29.5 Å². The maximum Gasteiger partial charge on any atom is 0.286 e. The highest BCUT2D eigenvalue weighted by Crippen LogP contribution is 2.20.